The third-order valence-electron chi connectivity index (χ3n) is 2.42. The number of hydrogen-bond acceptors (Lipinski definition) is 4. The molecule has 0 unspecified atom stereocenters. The second-order valence-corrected chi connectivity index (χ2v) is 3.58. The summed E-state index contributed by atoms with van der Waals surface area (Å²) in [7, 11) is 1.63. The standard InChI is InChI=1S/C13H13NO3/c1-16-12-5-3-2-4-10(12)8-13-14-9-11(17-13)6-7-15/h2-5,7,9H,6,8H2,1H3. The summed E-state index contributed by atoms with van der Waals surface area (Å²) in [5.41, 5.74) is 1.01. The largest absolute Gasteiger partial charge is 0.496 e. The van der Waals surface area contributed by atoms with Gasteiger partial charge in [0.15, 0.2) is 5.89 Å². The van der Waals surface area contributed by atoms with Gasteiger partial charge in [-0.3, -0.25) is 0 Å². The summed E-state index contributed by atoms with van der Waals surface area (Å²) in [6, 6.07) is 7.70. The Morgan fingerprint density at radius 3 is 3.00 bits per heavy atom. The van der Waals surface area contributed by atoms with Crippen LogP contribution in [0.1, 0.15) is 17.2 Å². The van der Waals surface area contributed by atoms with Gasteiger partial charge in [-0.1, -0.05) is 18.2 Å². The average molecular weight is 231 g/mol. The molecule has 1 aromatic heterocycles. The van der Waals surface area contributed by atoms with Gasteiger partial charge in [-0.2, -0.15) is 0 Å². The van der Waals surface area contributed by atoms with E-state index in [-0.39, 0.29) is 6.42 Å². The molecule has 1 aromatic carbocycles. The van der Waals surface area contributed by atoms with Crippen molar-refractivity contribution >= 4 is 6.29 Å². The van der Waals surface area contributed by atoms with Crippen molar-refractivity contribution in [2.24, 2.45) is 0 Å². The van der Waals surface area contributed by atoms with Crippen molar-refractivity contribution in [2.75, 3.05) is 7.11 Å². The van der Waals surface area contributed by atoms with Crippen LogP contribution in [-0.4, -0.2) is 18.4 Å². The lowest BCUT2D eigenvalue weighted by atomic mass is 10.1. The van der Waals surface area contributed by atoms with E-state index in [1.807, 2.05) is 24.3 Å². The number of carbonyl (C=O) groups excluding carboxylic acids is 1. The van der Waals surface area contributed by atoms with Crippen LogP contribution in [0.5, 0.6) is 5.75 Å². The van der Waals surface area contributed by atoms with E-state index >= 15 is 0 Å². The number of para-hydroxylation sites is 1. The van der Waals surface area contributed by atoms with E-state index in [0.29, 0.717) is 18.1 Å². The monoisotopic (exact) mass is 231 g/mol. The molecule has 17 heavy (non-hydrogen) atoms. The Morgan fingerprint density at radius 1 is 1.41 bits per heavy atom. The molecule has 88 valence electrons. The summed E-state index contributed by atoms with van der Waals surface area (Å²) >= 11 is 0. The molecule has 0 amide bonds. The van der Waals surface area contributed by atoms with Gasteiger partial charge in [-0.25, -0.2) is 4.98 Å². The second kappa shape index (κ2) is 5.30. The SMILES string of the molecule is COc1ccccc1Cc1ncc(CC=O)o1. The zero-order chi connectivity index (χ0) is 12.1. The molecule has 0 aliphatic carbocycles. The van der Waals surface area contributed by atoms with Crippen LogP contribution in [0.15, 0.2) is 34.9 Å². The Bertz CT molecular complexity index is 505. The molecule has 0 saturated carbocycles. The minimum absolute atomic E-state index is 0.263. The second-order valence-electron chi connectivity index (χ2n) is 3.58. The van der Waals surface area contributed by atoms with Crippen LogP contribution in [0.25, 0.3) is 0 Å². The fraction of sp³-hybridized carbons (Fsp3) is 0.231. The van der Waals surface area contributed by atoms with E-state index in [1.54, 1.807) is 13.3 Å². The number of methoxy groups -OCH3 is 1. The Hall–Kier alpha value is -2.10. The molecule has 0 fully saturated rings. The average Bonchev–Trinajstić information content (AvgIpc) is 2.78. The lowest BCUT2D eigenvalue weighted by Gasteiger charge is -2.05. The first-order valence-electron chi connectivity index (χ1n) is 5.32. The fourth-order valence-corrected chi connectivity index (χ4v) is 1.62. The fourth-order valence-electron chi connectivity index (χ4n) is 1.62. The highest BCUT2D eigenvalue weighted by molar-refractivity contribution is 5.52. The van der Waals surface area contributed by atoms with Crippen molar-refractivity contribution in [3.8, 4) is 5.75 Å². The molecule has 0 N–H and O–H groups in total. The predicted molar refractivity (Wildman–Crippen MR) is 62.1 cm³/mol. The van der Waals surface area contributed by atoms with Crippen molar-refractivity contribution in [3.05, 3.63) is 47.7 Å². The summed E-state index contributed by atoms with van der Waals surface area (Å²) in [6.45, 7) is 0. The first kappa shape index (κ1) is 11.4. The van der Waals surface area contributed by atoms with Crippen LogP contribution in [0.2, 0.25) is 0 Å². The number of oxazole rings is 1. The quantitative estimate of drug-likeness (QED) is 0.739. The third-order valence-corrected chi connectivity index (χ3v) is 2.42. The van der Waals surface area contributed by atoms with E-state index < -0.39 is 0 Å². The Morgan fingerprint density at radius 2 is 2.24 bits per heavy atom. The summed E-state index contributed by atoms with van der Waals surface area (Å²) in [5.74, 6) is 1.99. The predicted octanol–water partition coefficient (Wildman–Crippen LogP) is 2.02. The van der Waals surface area contributed by atoms with Crippen LogP contribution in [0.3, 0.4) is 0 Å². The Labute approximate surface area is 99.2 Å². The van der Waals surface area contributed by atoms with E-state index in [9.17, 15) is 4.79 Å². The highest BCUT2D eigenvalue weighted by atomic mass is 16.5. The maximum atomic E-state index is 10.3. The highest BCUT2D eigenvalue weighted by Crippen LogP contribution is 2.20. The van der Waals surface area contributed by atoms with Gasteiger partial charge in [-0.15, -0.1) is 0 Å². The van der Waals surface area contributed by atoms with Crippen molar-refractivity contribution in [1.29, 1.82) is 0 Å². The number of carbonyl (C=O) groups is 1. The molecule has 0 spiro atoms. The molecule has 4 heteroatoms. The summed E-state index contributed by atoms with van der Waals surface area (Å²) < 4.78 is 10.7. The van der Waals surface area contributed by atoms with Gasteiger partial charge >= 0.3 is 0 Å². The van der Waals surface area contributed by atoms with E-state index in [4.69, 9.17) is 9.15 Å². The van der Waals surface area contributed by atoms with Gasteiger partial charge in [-0.05, 0) is 6.07 Å². The number of rotatable bonds is 5. The number of nitrogens with zero attached hydrogens (tertiary/aromatic N) is 1. The molecule has 0 aliphatic heterocycles. The van der Waals surface area contributed by atoms with Crippen molar-refractivity contribution in [2.45, 2.75) is 12.8 Å². The minimum Gasteiger partial charge on any atom is -0.496 e. The molecule has 2 rings (SSSR count). The first-order chi connectivity index (χ1) is 8.33. The van der Waals surface area contributed by atoms with Crippen molar-refractivity contribution in [1.82, 2.24) is 4.98 Å². The maximum absolute atomic E-state index is 10.3. The van der Waals surface area contributed by atoms with Gasteiger partial charge in [0, 0.05) is 5.56 Å². The lowest BCUT2D eigenvalue weighted by Crippen LogP contribution is -1.93. The number of benzene rings is 1. The molecule has 0 bridgehead atoms. The van der Waals surface area contributed by atoms with E-state index in [2.05, 4.69) is 4.98 Å². The maximum Gasteiger partial charge on any atom is 0.198 e. The van der Waals surface area contributed by atoms with Gasteiger partial charge in [0.1, 0.15) is 17.8 Å². The first-order valence-corrected chi connectivity index (χ1v) is 5.32. The number of ether oxygens (including phenoxy) is 1. The van der Waals surface area contributed by atoms with Crippen LogP contribution in [0, 0.1) is 0 Å². The third kappa shape index (κ3) is 2.72. The number of hydrogen-bond donors (Lipinski definition) is 0. The molecule has 4 nitrogen and oxygen atoms in total. The topological polar surface area (TPSA) is 52.3 Å². The Kier molecular flexibility index (Phi) is 3.55. The van der Waals surface area contributed by atoms with Crippen LogP contribution >= 0.6 is 0 Å². The molecular formula is C13H13NO3. The van der Waals surface area contributed by atoms with Gasteiger partial charge < -0.3 is 13.9 Å². The van der Waals surface area contributed by atoms with Crippen LogP contribution < -0.4 is 4.74 Å². The molecule has 0 saturated heterocycles. The van der Waals surface area contributed by atoms with Crippen molar-refractivity contribution < 1.29 is 13.9 Å². The molecule has 2 aromatic rings. The number of aromatic nitrogens is 1. The zero-order valence-corrected chi connectivity index (χ0v) is 9.55. The molecule has 0 radical (unpaired) electrons. The van der Waals surface area contributed by atoms with Crippen molar-refractivity contribution in [3.63, 3.8) is 0 Å². The summed E-state index contributed by atoms with van der Waals surface area (Å²) in [5, 5.41) is 0. The minimum atomic E-state index is 0.263. The smallest absolute Gasteiger partial charge is 0.198 e. The lowest BCUT2D eigenvalue weighted by molar-refractivity contribution is -0.107. The van der Waals surface area contributed by atoms with Gasteiger partial charge in [0.2, 0.25) is 0 Å². The van der Waals surface area contributed by atoms with Gasteiger partial charge in [0.25, 0.3) is 0 Å². The molecular weight excluding hydrogens is 218 g/mol. The van der Waals surface area contributed by atoms with Gasteiger partial charge in [0.05, 0.1) is 26.1 Å². The van der Waals surface area contributed by atoms with Crippen LogP contribution in [0.4, 0.5) is 0 Å². The molecule has 0 aliphatic rings. The number of aldehydes is 1. The molecule has 0 atom stereocenters. The molecule has 1 heterocycles. The zero-order valence-electron chi connectivity index (χ0n) is 9.55. The highest BCUT2D eigenvalue weighted by Gasteiger charge is 2.08. The Balaban J connectivity index is 2.16. The summed E-state index contributed by atoms with van der Waals surface area (Å²) in [4.78, 5) is 14.5. The van der Waals surface area contributed by atoms with Crippen LogP contribution in [-0.2, 0) is 17.6 Å². The van der Waals surface area contributed by atoms with E-state index in [0.717, 1.165) is 17.6 Å². The normalized spacial score (nSPS) is 10.2. The van der Waals surface area contributed by atoms with E-state index in [1.165, 1.54) is 0 Å². The summed E-state index contributed by atoms with van der Waals surface area (Å²) in [6.07, 6.45) is 3.20.